The molecule has 1 unspecified atom stereocenters. The SMILES string of the molecule is Cc1cnc(C(=O)NCC(c2ccc(N(C)C)cc2)c2c[nH]c3ccccc23)cn1. The van der Waals surface area contributed by atoms with Crippen molar-refractivity contribution in [3.05, 3.63) is 89.6 Å². The fraction of sp³-hybridized carbons (Fsp3) is 0.208. The number of benzene rings is 2. The lowest BCUT2D eigenvalue weighted by Crippen LogP contribution is -2.29. The van der Waals surface area contributed by atoms with Crippen LogP contribution in [0.2, 0.25) is 0 Å². The normalized spacial score (nSPS) is 12.0. The molecule has 4 aromatic rings. The molecule has 0 radical (unpaired) electrons. The third kappa shape index (κ3) is 4.03. The zero-order chi connectivity index (χ0) is 21.1. The zero-order valence-electron chi connectivity index (χ0n) is 17.4. The van der Waals surface area contributed by atoms with Gasteiger partial charge in [0, 0.05) is 55.5 Å². The molecule has 6 nitrogen and oxygen atoms in total. The van der Waals surface area contributed by atoms with Crippen LogP contribution in [-0.2, 0) is 0 Å². The van der Waals surface area contributed by atoms with Crippen LogP contribution < -0.4 is 10.2 Å². The van der Waals surface area contributed by atoms with E-state index in [-0.39, 0.29) is 11.8 Å². The first kappa shape index (κ1) is 19.6. The van der Waals surface area contributed by atoms with E-state index in [2.05, 4.69) is 61.6 Å². The summed E-state index contributed by atoms with van der Waals surface area (Å²) in [6.07, 6.45) is 5.15. The van der Waals surface area contributed by atoms with E-state index in [0.717, 1.165) is 33.4 Å². The molecular formula is C24H25N5O. The van der Waals surface area contributed by atoms with Crippen LogP contribution in [0.5, 0.6) is 0 Å². The quantitative estimate of drug-likeness (QED) is 0.516. The first-order valence-corrected chi connectivity index (χ1v) is 9.93. The Morgan fingerprint density at radius 3 is 2.53 bits per heavy atom. The van der Waals surface area contributed by atoms with E-state index in [1.807, 2.05) is 39.3 Å². The van der Waals surface area contributed by atoms with Crippen LogP contribution >= 0.6 is 0 Å². The summed E-state index contributed by atoms with van der Waals surface area (Å²) in [7, 11) is 4.05. The van der Waals surface area contributed by atoms with E-state index in [9.17, 15) is 4.79 Å². The number of H-pyrrole nitrogens is 1. The highest BCUT2D eigenvalue weighted by Gasteiger charge is 2.20. The van der Waals surface area contributed by atoms with E-state index in [1.54, 1.807) is 6.20 Å². The highest BCUT2D eigenvalue weighted by molar-refractivity contribution is 5.92. The summed E-state index contributed by atoms with van der Waals surface area (Å²) in [5, 5.41) is 4.20. The molecule has 0 bridgehead atoms. The van der Waals surface area contributed by atoms with E-state index in [4.69, 9.17) is 0 Å². The largest absolute Gasteiger partial charge is 0.378 e. The summed E-state index contributed by atoms with van der Waals surface area (Å²) in [6.45, 7) is 2.30. The van der Waals surface area contributed by atoms with E-state index in [0.29, 0.717) is 12.2 Å². The van der Waals surface area contributed by atoms with Crippen molar-refractivity contribution in [2.75, 3.05) is 25.5 Å². The summed E-state index contributed by atoms with van der Waals surface area (Å²) < 4.78 is 0. The van der Waals surface area contributed by atoms with E-state index < -0.39 is 0 Å². The number of anilines is 1. The molecule has 2 aromatic carbocycles. The molecule has 152 valence electrons. The van der Waals surface area contributed by atoms with E-state index >= 15 is 0 Å². The Hall–Kier alpha value is -3.67. The predicted octanol–water partition coefficient (Wildman–Crippen LogP) is 3.89. The van der Waals surface area contributed by atoms with Gasteiger partial charge in [-0.3, -0.25) is 9.78 Å². The summed E-state index contributed by atoms with van der Waals surface area (Å²) in [5.74, 6) is -0.225. The number of aryl methyl sites for hydroxylation is 1. The number of rotatable bonds is 6. The second-order valence-electron chi connectivity index (χ2n) is 7.58. The molecule has 0 aliphatic rings. The number of fused-ring (bicyclic) bond motifs is 1. The van der Waals surface area contributed by atoms with Gasteiger partial charge in [0.05, 0.1) is 11.9 Å². The Morgan fingerprint density at radius 1 is 1.07 bits per heavy atom. The predicted molar refractivity (Wildman–Crippen MR) is 120 cm³/mol. The standard InChI is InChI=1S/C24H25N5O/c1-16-12-26-23(15-25-16)24(30)28-13-20(17-8-10-18(11-9-17)29(2)3)21-14-27-22-7-5-4-6-19(21)22/h4-12,14-15,20,27H,13H2,1-3H3,(H,28,30). The van der Waals surface area contributed by atoms with Crippen LogP contribution in [0.25, 0.3) is 10.9 Å². The van der Waals surface area contributed by atoms with Gasteiger partial charge in [-0.2, -0.15) is 0 Å². The Bertz CT molecular complexity index is 1150. The van der Waals surface area contributed by atoms with Crippen LogP contribution in [0.15, 0.2) is 67.1 Å². The number of carbonyl (C=O) groups is 1. The second-order valence-corrected chi connectivity index (χ2v) is 7.58. The molecule has 1 atom stereocenters. The van der Waals surface area contributed by atoms with Gasteiger partial charge in [0.25, 0.3) is 5.91 Å². The number of aromatic nitrogens is 3. The molecule has 0 aliphatic carbocycles. The molecule has 2 N–H and O–H groups in total. The highest BCUT2D eigenvalue weighted by atomic mass is 16.1. The first-order valence-electron chi connectivity index (χ1n) is 9.93. The smallest absolute Gasteiger partial charge is 0.271 e. The topological polar surface area (TPSA) is 73.9 Å². The van der Waals surface area contributed by atoms with Crippen molar-refractivity contribution in [3.8, 4) is 0 Å². The number of hydrogen-bond acceptors (Lipinski definition) is 4. The average molecular weight is 399 g/mol. The fourth-order valence-electron chi connectivity index (χ4n) is 3.59. The maximum absolute atomic E-state index is 12.6. The van der Waals surface area contributed by atoms with Gasteiger partial charge in [0.1, 0.15) is 5.69 Å². The van der Waals surface area contributed by atoms with Crippen LogP contribution in [0.4, 0.5) is 5.69 Å². The number of nitrogens with zero attached hydrogens (tertiary/aromatic N) is 3. The molecule has 0 aliphatic heterocycles. The molecule has 2 aromatic heterocycles. The van der Waals surface area contributed by atoms with E-state index in [1.165, 1.54) is 6.20 Å². The Morgan fingerprint density at radius 2 is 1.83 bits per heavy atom. The molecule has 4 rings (SSSR count). The number of nitrogens with one attached hydrogen (secondary N) is 2. The Balaban J connectivity index is 1.65. The van der Waals surface area contributed by atoms with Crippen LogP contribution in [0.3, 0.4) is 0 Å². The molecule has 2 heterocycles. The van der Waals surface area contributed by atoms with Crippen molar-refractivity contribution >= 4 is 22.5 Å². The maximum atomic E-state index is 12.6. The van der Waals surface area contributed by atoms with Crippen molar-refractivity contribution in [2.24, 2.45) is 0 Å². The molecule has 0 spiro atoms. The van der Waals surface area contributed by atoms with Crippen LogP contribution in [-0.4, -0.2) is 41.5 Å². The minimum absolute atomic E-state index is 0.000259. The number of carbonyl (C=O) groups excluding carboxylic acids is 1. The third-order valence-electron chi connectivity index (χ3n) is 5.29. The monoisotopic (exact) mass is 399 g/mol. The van der Waals surface area contributed by atoms with Crippen molar-refractivity contribution < 1.29 is 4.79 Å². The van der Waals surface area contributed by atoms with Gasteiger partial charge in [0.15, 0.2) is 0 Å². The molecule has 0 fully saturated rings. The highest BCUT2D eigenvalue weighted by Crippen LogP contribution is 2.31. The summed E-state index contributed by atoms with van der Waals surface area (Å²) in [5.41, 5.74) is 5.61. The lowest BCUT2D eigenvalue weighted by Gasteiger charge is -2.20. The van der Waals surface area contributed by atoms with Crippen LogP contribution in [0, 0.1) is 6.92 Å². The van der Waals surface area contributed by atoms with Gasteiger partial charge >= 0.3 is 0 Å². The number of amides is 1. The van der Waals surface area contributed by atoms with Gasteiger partial charge < -0.3 is 15.2 Å². The van der Waals surface area contributed by atoms with Crippen molar-refractivity contribution in [3.63, 3.8) is 0 Å². The average Bonchev–Trinajstić information content (AvgIpc) is 3.19. The Kier molecular flexibility index (Phi) is 5.48. The maximum Gasteiger partial charge on any atom is 0.271 e. The second kappa shape index (κ2) is 8.37. The third-order valence-corrected chi connectivity index (χ3v) is 5.29. The summed E-state index contributed by atoms with van der Waals surface area (Å²) >= 11 is 0. The number of para-hydroxylation sites is 1. The van der Waals surface area contributed by atoms with Gasteiger partial charge in [-0.05, 0) is 36.2 Å². The lowest BCUT2D eigenvalue weighted by molar-refractivity contribution is 0.0947. The van der Waals surface area contributed by atoms with Gasteiger partial charge in [-0.25, -0.2) is 4.98 Å². The van der Waals surface area contributed by atoms with Gasteiger partial charge in [-0.15, -0.1) is 0 Å². The molecule has 0 saturated heterocycles. The Labute approximate surface area is 176 Å². The molecule has 6 heteroatoms. The molecule has 1 amide bonds. The van der Waals surface area contributed by atoms with Crippen molar-refractivity contribution in [1.29, 1.82) is 0 Å². The number of hydrogen-bond donors (Lipinski definition) is 2. The zero-order valence-corrected chi connectivity index (χ0v) is 17.4. The minimum Gasteiger partial charge on any atom is -0.378 e. The lowest BCUT2D eigenvalue weighted by atomic mass is 9.90. The van der Waals surface area contributed by atoms with Gasteiger partial charge in [-0.1, -0.05) is 30.3 Å². The molecule has 0 saturated carbocycles. The van der Waals surface area contributed by atoms with Gasteiger partial charge in [0.2, 0.25) is 0 Å². The van der Waals surface area contributed by atoms with Crippen molar-refractivity contribution in [2.45, 2.75) is 12.8 Å². The summed E-state index contributed by atoms with van der Waals surface area (Å²) in [6, 6.07) is 16.7. The molecular weight excluding hydrogens is 374 g/mol. The fourth-order valence-corrected chi connectivity index (χ4v) is 3.59. The number of aromatic amines is 1. The molecule has 30 heavy (non-hydrogen) atoms. The minimum atomic E-state index is -0.225. The summed E-state index contributed by atoms with van der Waals surface area (Å²) in [4.78, 5) is 26.4. The van der Waals surface area contributed by atoms with Crippen LogP contribution in [0.1, 0.15) is 33.2 Å². The first-order chi connectivity index (χ1) is 14.5. The van der Waals surface area contributed by atoms with Crippen molar-refractivity contribution in [1.82, 2.24) is 20.3 Å².